The van der Waals surface area contributed by atoms with E-state index in [0.717, 1.165) is 5.52 Å². The van der Waals surface area contributed by atoms with Crippen LogP contribution in [0.2, 0.25) is 0 Å². The van der Waals surface area contributed by atoms with Crippen molar-refractivity contribution in [3.05, 3.63) is 85.5 Å². The summed E-state index contributed by atoms with van der Waals surface area (Å²) in [5.41, 5.74) is 0.669. The molecule has 4 heterocycles. The monoisotopic (exact) mass is 714 g/mol. The molecule has 14 heteroatoms. The Labute approximate surface area is 302 Å². The molecule has 52 heavy (non-hydrogen) atoms. The van der Waals surface area contributed by atoms with Crippen molar-refractivity contribution >= 4 is 34.7 Å². The topological polar surface area (TPSA) is 165 Å². The minimum absolute atomic E-state index is 0.0191. The zero-order valence-electron chi connectivity index (χ0n) is 29.5. The Kier molecular flexibility index (Phi) is 11.2. The third-order valence-electron chi connectivity index (χ3n) is 10.4. The third kappa shape index (κ3) is 6.73. The first-order valence-electron chi connectivity index (χ1n) is 17.6. The van der Waals surface area contributed by atoms with Gasteiger partial charge >= 0.3 is 5.97 Å². The number of benzene rings is 2. The van der Waals surface area contributed by atoms with Crippen molar-refractivity contribution in [3.63, 3.8) is 0 Å². The first-order valence-corrected chi connectivity index (χ1v) is 17.6. The summed E-state index contributed by atoms with van der Waals surface area (Å²) < 4.78 is 20.0. The molecule has 3 aromatic rings. The number of amides is 3. The van der Waals surface area contributed by atoms with E-state index < -0.39 is 72.2 Å². The average molecular weight is 715 g/mol. The first-order chi connectivity index (χ1) is 25.2. The molecule has 0 saturated carbocycles. The number of carbonyl (C=O) groups is 4. The van der Waals surface area contributed by atoms with Crippen LogP contribution in [0, 0.1) is 11.8 Å². The summed E-state index contributed by atoms with van der Waals surface area (Å²) >= 11 is 0. The normalized spacial score (nSPS) is 25.0. The molecule has 1 spiro atoms. The number of aromatic nitrogens is 3. The lowest BCUT2D eigenvalue weighted by atomic mass is 9.70. The van der Waals surface area contributed by atoms with Crippen molar-refractivity contribution in [1.82, 2.24) is 30.1 Å². The van der Waals surface area contributed by atoms with Crippen LogP contribution < -0.4 is 5.32 Å². The third-order valence-corrected chi connectivity index (χ3v) is 10.4. The van der Waals surface area contributed by atoms with Crippen molar-refractivity contribution in [2.24, 2.45) is 11.8 Å². The molecule has 8 atom stereocenters. The molecular weight excluding hydrogens is 668 g/mol. The van der Waals surface area contributed by atoms with Gasteiger partial charge in [-0.15, -0.1) is 18.3 Å². The number of likely N-dealkylation sites (tertiary alicyclic amines) is 1. The Morgan fingerprint density at radius 2 is 1.90 bits per heavy atom. The molecule has 1 aromatic heterocycles. The summed E-state index contributed by atoms with van der Waals surface area (Å²) in [5, 5.41) is 21.7. The molecule has 3 aliphatic rings. The maximum Gasteiger partial charge on any atom is 0.313 e. The van der Waals surface area contributed by atoms with Gasteiger partial charge in [-0.05, 0) is 43.9 Å². The van der Waals surface area contributed by atoms with Gasteiger partial charge in [0.1, 0.15) is 29.9 Å². The molecule has 3 amide bonds. The van der Waals surface area contributed by atoms with Crippen LogP contribution in [0.5, 0.6) is 0 Å². The Balaban J connectivity index is 1.32. The Morgan fingerprint density at radius 1 is 1.15 bits per heavy atom. The molecule has 3 saturated heterocycles. The van der Waals surface area contributed by atoms with E-state index in [1.807, 2.05) is 30.3 Å². The Morgan fingerprint density at radius 3 is 2.62 bits per heavy atom. The van der Waals surface area contributed by atoms with Gasteiger partial charge in [0.2, 0.25) is 17.7 Å². The number of aliphatic hydroxyl groups is 1. The second kappa shape index (κ2) is 15.8. The van der Waals surface area contributed by atoms with Crippen LogP contribution in [0.3, 0.4) is 0 Å². The fourth-order valence-corrected chi connectivity index (χ4v) is 8.06. The molecule has 3 fully saturated rings. The van der Waals surface area contributed by atoms with E-state index in [0.29, 0.717) is 30.3 Å². The fraction of sp³-hybridized carbons (Fsp3) is 0.474. The highest BCUT2D eigenvalue weighted by Crippen LogP contribution is 2.59. The molecule has 6 rings (SSSR count). The van der Waals surface area contributed by atoms with E-state index >= 15 is 0 Å². The number of methoxy groups -OCH3 is 1. The fourth-order valence-electron chi connectivity index (χ4n) is 8.06. The number of ether oxygens (including phenoxy) is 3. The highest BCUT2D eigenvalue weighted by Gasteiger charge is 2.75. The quantitative estimate of drug-likeness (QED) is 0.157. The molecule has 3 aliphatic heterocycles. The maximum atomic E-state index is 14.8. The van der Waals surface area contributed by atoms with E-state index in [-0.39, 0.29) is 32.1 Å². The summed E-state index contributed by atoms with van der Waals surface area (Å²) in [5.74, 6) is -3.90. The van der Waals surface area contributed by atoms with Crippen LogP contribution in [0.4, 0.5) is 0 Å². The van der Waals surface area contributed by atoms with Crippen LogP contribution >= 0.6 is 0 Å². The van der Waals surface area contributed by atoms with Gasteiger partial charge in [0.05, 0.1) is 48.8 Å². The summed E-state index contributed by atoms with van der Waals surface area (Å²) in [6, 6.07) is 13.8. The first kappa shape index (κ1) is 36.9. The number of fused-ring (bicyclic) bond motifs is 2. The van der Waals surface area contributed by atoms with Crippen molar-refractivity contribution in [2.75, 3.05) is 26.9 Å². The largest absolute Gasteiger partial charge is 0.455 e. The van der Waals surface area contributed by atoms with E-state index in [1.54, 1.807) is 48.0 Å². The molecule has 0 aliphatic carbocycles. The average Bonchev–Trinajstić information content (AvgIpc) is 3.91. The number of esters is 1. The van der Waals surface area contributed by atoms with Gasteiger partial charge in [0.25, 0.3) is 0 Å². The lowest BCUT2D eigenvalue weighted by Gasteiger charge is -2.38. The Bertz CT molecular complexity index is 1800. The van der Waals surface area contributed by atoms with Crippen molar-refractivity contribution < 1.29 is 38.5 Å². The number of carbonyl (C=O) groups excluding carboxylic acids is 4. The minimum Gasteiger partial charge on any atom is -0.455 e. The summed E-state index contributed by atoms with van der Waals surface area (Å²) in [7, 11) is 1.49. The molecule has 2 bridgehead atoms. The molecule has 276 valence electrons. The number of hydrogen-bond acceptors (Lipinski definition) is 10. The predicted molar refractivity (Wildman–Crippen MR) is 189 cm³/mol. The van der Waals surface area contributed by atoms with Crippen LogP contribution in [-0.2, 0) is 40.1 Å². The van der Waals surface area contributed by atoms with Crippen LogP contribution in [0.1, 0.15) is 44.3 Å². The highest BCUT2D eigenvalue weighted by atomic mass is 16.6. The molecule has 0 radical (unpaired) electrons. The number of aliphatic hydroxyl groups excluding tert-OH is 1. The second-order valence-electron chi connectivity index (χ2n) is 13.6. The second-order valence-corrected chi connectivity index (χ2v) is 13.6. The predicted octanol–water partition coefficient (Wildman–Crippen LogP) is 2.54. The van der Waals surface area contributed by atoms with Crippen molar-refractivity contribution in [1.29, 1.82) is 0 Å². The number of nitrogens with one attached hydrogen (secondary N) is 1. The minimum atomic E-state index is -1.34. The lowest BCUT2D eigenvalue weighted by Crippen LogP contribution is -2.58. The van der Waals surface area contributed by atoms with Gasteiger partial charge in [-0.2, -0.15) is 0 Å². The van der Waals surface area contributed by atoms with E-state index in [9.17, 15) is 24.3 Å². The highest BCUT2D eigenvalue weighted by molar-refractivity contribution is 5.98. The zero-order valence-corrected chi connectivity index (χ0v) is 29.5. The van der Waals surface area contributed by atoms with Gasteiger partial charge in [-0.1, -0.05) is 59.8 Å². The molecular formula is C38H46N6O8. The smallest absolute Gasteiger partial charge is 0.313 e. The number of nitrogens with zero attached hydrogens (tertiary/aromatic N) is 5. The van der Waals surface area contributed by atoms with Crippen LogP contribution in [0.25, 0.3) is 11.0 Å². The van der Waals surface area contributed by atoms with E-state index in [1.165, 1.54) is 16.9 Å². The SMILES string of the molecule is C=CCCC(=O)N[C@H](COC)[C@H](OC(=O)[C@@H]1[C@@H]2CC[C@]3(O2)[C@H](C(=O)N(CC=C)Cn2nnc4ccccc42)N([C@H](C)CO)C(=O)[C@@H]13)c1ccccc1. The van der Waals surface area contributed by atoms with Gasteiger partial charge in [-0.25, -0.2) is 4.68 Å². The summed E-state index contributed by atoms with van der Waals surface area (Å²) in [6.07, 6.45) is 3.03. The number of hydrogen-bond donors (Lipinski definition) is 2. The van der Waals surface area contributed by atoms with Gasteiger partial charge in [0, 0.05) is 20.1 Å². The molecule has 14 nitrogen and oxygen atoms in total. The van der Waals surface area contributed by atoms with Crippen molar-refractivity contribution in [3.8, 4) is 0 Å². The molecule has 0 unspecified atom stereocenters. The maximum absolute atomic E-state index is 14.8. The lowest BCUT2D eigenvalue weighted by molar-refractivity contribution is -0.163. The standard InChI is InChI=1S/C38H46N6O8/c1-5-7-17-30(46)39-27(22-50-4)33(25-13-9-8-10-14-25)51-37(49)31-29-18-19-38(52-29)32(31)35(47)44(24(3)21-45)34(38)36(48)42(20-6-2)23-43-28-16-12-11-15-26(28)40-41-43/h5-6,8-16,24,27,29,31-34,45H,1-2,7,17-23H2,3-4H3,(H,39,46)/t24-,27-,29+,31-,32-,33-,34+,38-/m1/s1. The summed E-state index contributed by atoms with van der Waals surface area (Å²) in [4.78, 5) is 59.5. The zero-order chi connectivity index (χ0) is 37.0. The van der Waals surface area contributed by atoms with Crippen LogP contribution in [-0.4, -0.2) is 110 Å². The van der Waals surface area contributed by atoms with Gasteiger partial charge in [-0.3, -0.25) is 19.2 Å². The number of allylic oxidation sites excluding steroid dienone is 1. The molecule has 2 N–H and O–H groups in total. The molecule has 2 aromatic carbocycles. The van der Waals surface area contributed by atoms with Crippen molar-refractivity contribution in [2.45, 2.75) is 75.2 Å². The van der Waals surface area contributed by atoms with Crippen LogP contribution in [0.15, 0.2) is 79.9 Å². The Hall–Kier alpha value is -4.92. The number of para-hydroxylation sites is 1. The van der Waals surface area contributed by atoms with Gasteiger partial charge in [0.15, 0.2) is 0 Å². The summed E-state index contributed by atoms with van der Waals surface area (Å²) in [6.45, 7) is 8.98. The van der Waals surface area contributed by atoms with E-state index in [2.05, 4.69) is 28.8 Å². The van der Waals surface area contributed by atoms with E-state index in [4.69, 9.17) is 14.2 Å². The van der Waals surface area contributed by atoms with Gasteiger partial charge < -0.3 is 34.4 Å². The number of rotatable bonds is 17.